The van der Waals surface area contributed by atoms with Gasteiger partial charge in [-0.05, 0) is 35.7 Å². The highest BCUT2D eigenvalue weighted by atomic mass is 16.5. The van der Waals surface area contributed by atoms with Crippen molar-refractivity contribution in [1.82, 2.24) is 0 Å². The molecule has 0 unspecified atom stereocenters. The van der Waals surface area contributed by atoms with Gasteiger partial charge in [0.1, 0.15) is 11.5 Å². The summed E-state index contributed by atoms with van der Waals surface area (Å²) in [6.45, 7) is 0.581. The van der Waals surface area contributed by atoms with Crippen LogP contribution in [0.15, 0.2) is 30.3 Å². The van der Waals surface area contributed by atoms with E-state index in [2.05, 4.69) is 0 Å². The number of fused-ring (bicyclic) bond motifs is 5. The van der Waals surface area contributed by atoms with Gasteiger partial charge in [0.25, 0.3) is 0 Å². The monoisotopic (exact) mass is 270 g/mol. The highest BCUT2D eigenvalue weighted by Gasteiger charge is 2.39. The van der Waals surface area contributed by atoms with E-state index in [1.54, 1.807) is 24.3 Å². The number of hydrogen-bond acceptors (Lipinski definition) is 4. The van der Waals surface area contributed by atoms with E-state index in [0.717, 1.165) is 23.1 Å². The summed E-state index contributed by atoms with van der Waals surface area (Å²) in [5, 5.41) is 28.9. The van der Waals surface area contributed by atoms with Gasteiger partial charge in [-0.25, -0.2) is 0 Å². The first-order valence-corrected chi connectivity index (χ1v) is 6.64. The molecule has 1 aliphatic heterocycles. The fourth-order valence-electron chi connectivity index (χ4n) is 3.44. The lowest BCUT2D eigenvalue weighted by atomic mass is 9.84. The van der Waals surface area contributed by atoms with Crippen LogP contribution in [0.2, 0.25) is 0 Å². The Morgan fingerprint density at radius 1 is 0.950 bits per heavy atom. The second-order valence-electron chi connectivity index (χ2n) is 5.51. The van der Waals surface area contributed by atoms with E-state index in [-0.39, 0.29) is 23.2 Å². The standard InChI is InChI=1S/C16H14O4/c17-10-1-2-11-15(5-10)20-7-9-3-8-4-13(18)14(19)6-12(8)16(9)11/h1-2,4-6,9,16-19H,3,7H2/t9-,16-/m0/s1. The molecule has 0 amide bonds. The van der Waals surface area contributed by atoms with Gasteiger partial charge in [0.05, 0.1) is 6.61 Å². The Labute approximate surface area is 115 Å². The fraction of sp³-hybridized carbons (Fsp3) is 0.250. The van der Waals surface area contributed by atoms with Gasteiger partial charge >= 0.3 is 0 Å². The maximum Gasteiger partial charge on any atom is 0.157 e. The van der Waals surface area contributed by atoms with Gasteiger partial charge in [-0.1, -0.05) is 6.07 Å². The van der Waals surface area contributed by atoms with Crippen LogP contribution < -0.4 is 4.74 Å². The molecule has 0 saturated heterocycles. The topological polar surface area (TPSA) is 69.9 Å². The van der Waals surface area contributed by atoms with Gasteiger partial charge in [-0.2, -0.15) is 0 Å². The van der Waals surface area contributed by atoms with Crippen LogP contribution in [0, 0.1) is 5.92 Å². The van der Waals surface area contributed by atoms with E-state index in [0.29, 0.717) is 18.3 Å². The molecule has 2 atom stereocenters. The second kappa shape index (κ2) is 3.82. The molecular weight excluding hydrogens is 256 g/mol. The molecule has 0 saturated carbocycles. The minimum atomic E-state index is -0.0868. The Morgan fingerprint density at radius 3 is 2.60 bits per heavy atom. The number of ether oxygens (including phenoxy) is 1. The first-order valence-electron chi connectivity index (χ1n) is 6.64. The summed E-state index contributed by atoms with van der Waals surface area (Å²) in [5.74, 6) is 1.19. The Hall–Kier alpha value is -2.36. The summed E-state index contributed by atoms with van der Waals surface area (Å²) >= 11 is 0. The Bertz CT molecular complexity index is 708. The van der Waals surface area contributed by atoms with Gasteiger partial charge in [-0.15, -0.1) is 0 Å². The molecule has 3 N–H and O–H groups in total. The third-order valence-corrected chi connectivity index (χ3v) is 4.31. The Balaban J connectivity index is 1.90. The van der Waals surface area contributed by atoms with Crippen LogP contribution in [0.4, 0.5) is 0 Å². The summed E-state index contributed by atoms with van der Waals surface area (Å²) in [6, 6.07) is 8.45. The van der Waals surface area contributed by atoms with E-state index in [1.165, 1.54) is 0 Å². The summed E-state index contributed by atoms with van der Waals surface area (Å²) in [7, 11) is 0. The molecule has 4 nitrogen and oxygen atoms in total. The van der Waals surface area contributed by atoms with Gasteiger partial charge in [-0.3, -0.25) is 0 Å². The SMILES string of the molecule is Oc1ccc2c(c1)OC[C@@H]1Cc3cc(O)c(O)cc3[C@H]21. The molecular formula is C16H14O4. The number of phenolic OH excluding ortho intramolecular Hbond substituents is 3. The zero-order valence-corrected chi connectivity index (χ0v) is 10.7. The molecule has 4 heteroatoms. The van der Waals surface area contributed by atoms with E-state index in [1.807, 2.05) is 6.07 Å². The lowest BCUT2D eigenvalue weighted by Gasteiger charge is -2.29. The van der Waals surface area contributed by atoms with E-state index >= 15 is 0 Å². The average Bonchev–Trinajstić information content (AvgIpc) is 2.77. The molecule has 0 spiro atoms. The van der Waals surface area contributed by atoms with Crippen LogP contribution in [0.5, 0.6) is 23.0 Å². The van der Waals surface area contributed by atoms with E-state index in [9.17, 15) is 15.3 Å². The predicted molar refractivity (Wildman–Crippen MR) is 72.4 cm³/mol. The maximum absolute atomic E-state index is 9.74. The molecule has 1 aliphatic carbocycles. The zero-order chi connectivity index (χ0) is 13.9. The molecule has 2 aromatic rings. The maximum atomic E-state index is 9.74. The molecule has 2 aromatic carbocycles. The molecule has 2 aliphatic rings. The van der Waals surface area contributed by atoms with Gasteiger partial charge in [0.2, 0.25) is 0 Å². The van der Waals surface area contributed by atoms with Crippen molar-refractivity contribution < 1.29 is 20.1 Å². The normalized spacial score (nSPS) is 22.6. The number of benzene rings is 2. The molecule has 0 fully saturated rings. The highest BCUT2D eigenvalue weighted by Crippen LogP contribution is 2.50. The van der Waals surface area contributed by atoms with Crippen molar-refractivity contribution in [3.05, 3.63) is 47.0 Å². The lowest BCUT2D eigenvalue weighted by molar-refractivity contribution is 0.214. The minimum Gasteiger partial charge on any atom is -0.508 e. The van der Waals surface area contributed by atoms with E-state index < -0.39 is 0 Å². The summed E-state index contributed by atoms with van der Waals surface area (Å²) < 4.78 is 5.72. The van der Waals surface area contributed by atoms with Crippen LogP contribution in [-0.4, -0.2) is 21.9 Å². The summed E-state index contributed by atoms with van der Waals surface area (Å²) in [5.41, 5.74) is 3.13. The van der Waals surface area contributed by atoms with Gasteiger partial charge in [0.15, 0.2) is 11.5 Å². The van der Waals surface area contributed by atoms with Crippen LogP contribution in [-0.2, 0) is 6.42 Å². The molecule has 0 bridgehead atoms. The third-order valence-electron chi connectivity index (χ3n) is 4.31. The van der Waals surface area contributed by atoms with Crippen molar-refractivity contribution in [2.24, 2.45) is 5.92 Å². The summed E-state index contributed by atoms with van der Waals surface area (Å²) in [6.07, 6.45) is 0.828. The Kier molecular flexibility index (Phi) is 2.19. The number of phenols is 3. The van der Waals surface area contributed by atoms with Gasteiger partial charge in [0, 0.05) is 23.5 Å². The number of hydrogen-bond donors (Lipinski definition) is 3. The molecule has 0 radical (unpaired) electrons. The lowest BCUT2D eigenvalue weighted by Crippen LogP contribution is -2.23. The summed E-state index contributed by atoms with van der Waals surface area (Å²) in [4.78, 5) is 0. The Morgan fingerprint density at radius 2 is 1.75 bits per heavy atom. The highest BCUT2D eigenvalue weighted by molar-refractivity contribution is 5.56. The molecule has 4 rings (SSSR count). The molecule has 0 aromatic heterocycles. The van der Waals surface area contributed by atoms with Crippen molar-refractivity contribution in [2.45, 2.75) is 12.3 Å². The number of aromatic hydroxyl groups is 3. The van der Waals surface area contributed by atoms with E-state index in [4.69, 9.17) is 4.74 Å². The molecule has 102 valence electrons. The van der Waals surface area contributed by atoms with Crippen molar-refractivity contribution in [3.63, 3.8) is 0 Å². The first kappa shape index (κ1) is 11.5. The minimum absolute atomic E-state index is 0.0748. The third kappa shape index (κ3) is 1.48. The molecule has 1 heterocycles. The van der Waals surface area contributed by atoms with Crippen molar-refractivity contribution in [1.29, 1.82) is 0 Å². The van der Waals surface area contributed by atoms with Crippen molar-refractivity contribution >= 4 is 0 Å². The average molecular weight is 270 g/mol. The zero-order valence-electron chi connectivity index (χ0n) is 10.7. The van der Waals surface area contributed by atoms with Crippen molar-refractivity contribution in [3.8, 4) is 23.0 Å². The van der Waals surface area contributed by atoms with Crippen LogP contribution in [0.1, 0.15) is 22.6 Å². The quantitative estimate of drug-likeness (QED) is 0.643. The number of rotatable bonds is 0. The fourth-order valence-corrected chi connectivity index (χ4v) is 3.44. The smallest absolute Gasteiger partial charge is 0.157 e. The van der Waals surface area contributed by atoms with Crippen LogP contribution in [0.3, 0.4) is 0 Å². The van der Waals surface area contributed by atoms with Crippen LogP contribution >= 0.6 is 0 Å². The second-order valence-corrected chi connectivity index (χ2v) is 5.51. The largest absolute Gasteiger partial charge is 0.508 e. The van der Waals surface area contributed by atoms with Gasteiger partial charge < -0.3 is 20.1 Å². The van der Waals surface area contributed by atoms with Crippen LogP contribution in [0.25, 0.3) is 0 Å². The van der Waals surface area contributed by atoms with Crippen molar-refractivity contribution in [2.75, 3.05) is 6.61 Å². The first-order chi connectivity index (χ1) is 9.63. The predicted octanol–water partition coefficient (Wildman–Crippen LogP) is 2.50. The molecule has 20 heavy (non-hydrogen) atoms.